The highest BCUT2D eigenvalue weighted by Gasteiger charge is 2.36. The average Bonchev–Trinajstić information content (AvgIpc) is 3.79. The number of alkyl halides is 2. The van der Waals surface area contributed by atoms with Crippen LogP contribution < -0.4 is 0 Å². The second-order valence-electron chi connectivity index (χ2n) is 16.8. The molecule has 0 saturated carbocycles. The lowest BCUT2D eigenvalue weighted by molar-refractivity contribution is 0.0628. The normalized spacial score (nSPS) is 12.6. The number of aryl methyl sites for hydroxylation is 1. The van der Waals surface area contributed by atoms with Crippen molar-refractivity contribution in [3.63, 3.8) is 0 Å². The highest BCUT2D eigenvalue weighted by molar-refractivity contribution is 9.08. The third-order valence-electron chi connectivity index (χ3n) is 12.6. The molecule has 10 aromatic carbocycles. The van der Waals surface area contributed by atoms with Gasteiger partial charge in [-0.15, -0.1) is 0 Å². The van der Waals surface area contributed by atoms with Crippen molar-refractivity contribution in [2.75, 3.05) is 0 Å². The van der Waals surface area contributed by atoms with Crippen molar-refractivity contribution in [3.05, 3.63) is 262 Å². The Morgan fingerprint density at radius 3 is 1.04 bits per heavy atom. The summed E-state index contributed by atoms with van der Waals surface area (Å²) in [5, 5.41) is 11.4. The zero-order chi connectivity index (χ0) is 47.9. The lowest BCUT2D eigenvalue weighted by Crippen LogP contribution is -2.29. The van der Waals surface area contributed by atoms with Crippen LogP contribution in [0.1, 0.15) is 69.2 Å². The van der Waals surface area contributed by atoms with E-state index in [2.05, 4.69) is 130 Å². The number of benzene rings is 10. The minimum atomic E-state index is -0.218. The molecule has 0 aliphatic carbocycles. The van der Waals surface area contributed by atoms with Gasteiger partial charge in [0.05, 0.1) is 35.3 Å². The fourth-order valence-electron chi connectivity index (χ4n) is 9.01. The Balaban J connectivity index is 0.000000121. The minimum absolute atomic E-state index is 0.214. The summed E-state index contributed by atoms with van der Waals surface area (Å²) in [6, 6.07) is 69.7. The molecule has 0 unspecified atom stereocenters. The Hall–Kier alpha value is -7.52. The van der Waals surface area contributed by atoms with E-state index in [4.69, 9.17) is 0 Å². The van der Waals surface area contributed by atoms with Gasteiger partial charge in [0.25, 0.3) is 23.6 Å². The molecule has 12 rings (SSSR count). The smallest absolute Gasteiger partial charge is 0.261 e. The summed E-state index contributed by atoms with van der Waals surface area (Å²) in [6.45, 7) is 2.73. The fourth-order valence-corrected chi connectivity index (χ4v) is 9.99. The molecule has 69 heavy (non-hydrogen) atoms. The molecule has 6 nitrogen and oxygen atoms in total. The van der Waals surface area contributed by atoms with Gasteiger partial charge in [0.1, 0.15) is 0 Å². The van der Waals surface area contributed by atoms with Gasteiger partial charge in [0, 0.05) is 10.7 Å². The molecule has 10 aromatic rings. The molecule has 2 aliphatic heterocycles. The van der Waals surface area contributed by atoms with E-state index < -0.39 is 0 Å². The van der Waals surface area contributed by atoms with Gasteiger partial charge in [-0.25, -0.2) is 0 Å². The number of rotatable bonds is 6. The van der Waals surface area contributed by atoms with Crippen LogP contribution in [0.2, 0.25) is 0 Å². The molecule has 0 radical (unpaired) electrons. The number of carbonyl (C=O) groups excluding carboxylic acids is 4. The van der Waals surface area contributed by atoms with Crippen molar-refractivity contribution in [1.29, 1.82) is 0 Å². The molecular weight excluding hydrogens is 984 g/mol. The molecular formula is C61H46Br2N2O4. The van der Waals surface area contributed by atoms with E-state index >= 15 is 0 Å². The summed E-state index contributed by atoms with van der Waals surface area (Å²) in [5.41, 5.74) is 7.82. The van der Waals surface area contributed by atoms with Crippen molar-refractivity contribution in [3.8, 4) is 0 Å². The predicted octanol–water partition coefficient (Wildman–Crippen LogP) is 15.0. The van der Waals surface area contributed by atoms with E-state index in [0.717, 1.165) is 43.3 Å². The van der Waals surface area contributed by atoms with Gasteiger partial charge >= 0.3 is 0 Å². The number of imide groups is 2. The quantitative estimate of drug-likeness (QED) is 0.123. The maximum atomic E-state index is 12.6. The number of carbonyl (C=O) groups is 4. The molecule has 8 heteroatoms. The second-order valence-corrected chi connectivity index (χ2v) is 17.9. The number of fused-ring (bicyclic) bond motifs is 6. The molecule has 0 spiro atoms. The highest BCUT2D eigenvalue weighted by atomic mass is 79.9. The van der Waals surface area contributed by atoms with E-state index in [1.165, 1.54) is 48.0 Å². The third-order valence-corrected chi connectivity index (χ3v) is 13.8. The first-order valence-corrected chi connectivity index (χ1v) is 24.9. The number of hydrogen-bond donors (Lipinski definition) is 0. The summed E-state index contributed by atoms with van der Waals surface area (Å²) < 4.78 is 0. The van der Waals surface area contributed by atoms with Crippen molar-refractivity contribution >= 4 is 98.6 Å². The molecule has 0 saturated heterocycles. The van der Waals surface area contributed by atoms with Gasteiger partial charge in [-0.1, -0.05) is 220 Å². The summed E-state index contributed by atoms with van der Waals surface area (Å²) in [6.07, 6.45) is 0. The number of halogens is 2. The Labute approximate surface area is 418 Å². The summed E-state index contributed by atoms with van der Waals surface area (Å²) in [5.74, 6) is -0.865. The first-order chi connectivity index (χ1) is 33.7. The molecule has 0 fully saturated rings. The molecule has 0 aromatic heterocycles. The Morgan fingerprint density at radius 1 is 0.304 bits per heavy atom. The molecule has 4 amide bonds. The van der Waals surface area contributed by atoms with Crippen molar-refractivity contribution in [2.45, 2.75) is 30.7 Å². The first-order valence-electron chi connectivity index (χ1n) is 22.6. The standard InChI is InChI=1S/C20H14BrNO2.C19H13NO2.C11H9Br.C11H10/c21-11-13-9-10-14(16-6-2-1-5-15(13)16)12-22-19(23)17-7-3-4-8-18(17)20(22)24;21-18-16-10-3-4-11-17(16)19(22)20(18)12-14-8-5-7-13-6-1-2-9-15(13)14;12-8-10-6-3-5-9-4-1-2-7-11(9)10;1-9-5-4-7-10-6-2-3-8-11(9)10/h1-10H,11-12H2;1-11H,12H2;1-7H,8H2;2-8H,1H3. The van der Waals surface area contributed by atoms with E-state index in [9.17, 15) is 19.2 Å². The minimum Gasteiger partial charge on any atom is -0.270 e. The van der Waals surface area contributed by atoms with Gasteiger partial charge in [-0.3, -0.25) is 29.0 Å². The molecule has 2 heterocycles. The van der Waals surface area contributed by atoms with E-state index in [-0.39, 0.29) is 30.2 Å². The van der Waals surface area contributed by atoms with Crippen molar-refractivity contribution in [2.24, 2.45) is 0 Å². The van der Waals surface area contributed by atoms with Gasteiger partial charge < -0.3 is 0 Å². The van der Waals surface area contributed by atoms with E-state index in [1.54, 1.807) is 48.5 Å². The van der Waals surface area contributed by atoms with Crippen LogP contribution in [0, 0.1) is 6.92 Å². The molecule has 338 valence electrons. The average molecular weight is 1030 g/mol. The topological polar surface area (TPSA) is 74.8 Å². The predicted molar refractivity (Wildman–Crippen MR) is 287 cm³/mol. The van der Waals surface area contributed by atoms with Crippen LogP contribution in [0.5, 0.6) is 0 Å². The van der Waals surface area contributed by atoms with E-state index in [1.807, 2.05) is 72.8 Å². The zero-order valence-electron chi connectivity index (χ0n) is 37.8. The van der Waals surface area contributed by atoms with Crippen LogP contribution in [-0.2, 0) is 23.7 Å². The highest BCUT2D eigenvalue weighted by Crippen LogP contribution is 2.30. The Morgan fingerprint density at radius 2 is 0.594 bits per heavy atom. The second kappa shape index (κ2) is 21.2. The molecule has 0 N–H and O–H groups in total. The number of amides is 4. The Bertz CT molecular complexity index is 3480. The van der Waals surface area contributed by atoms with Crippen LogP contribution in [0.4, 0.5) is 0 Å². The lowest BCUT2D eigenvalue weighted by atomic mass is 10.00. The third kappa shape index (κ3) is 9.77. The molecule has 2 aliphatic rings. The van der Waals surface area contributed by atoms with Gasteiger partial charge in [0.15, 0.2) is 0 Å². The summed E-state index contributed by atoms with van der Waals surface area (Å²) >= 11 is 6.99. The largest absolute Gasteiger partial charge is 0.270 e. The number of hydrogen-bond acceptors (Lipinski definition) is 4. The maximum Gasteiger partial charge on any atom is 0.261 e. The van der Waals surface area contributed by atoms with Gasteiger partial charge in [-0.2, -0.15) is 0 Å². The van der Waals surface area contributed by atoms with Gasteiger partial charge in [0.2, 0.25) is 0 Å². The zero-order valence-corrected chi connectivity index (χ0v) is 41.0. The van der Waals surface area contributed by atoms with Crippen molar-refractivity contribution in [1.82, 2.24) is 9.80 Å². The monoisotopic (exact) mass is 1030 g/mol. The SMILES string of the molecule is BrCc1cccc2ccccc12.Cc1cccc2ccccc12.O=C1c2ccccc2C(=O)N1Cc1ccc(CBr)c2ccccc12.O=C1c2ccccc2C(=O)N1Cc1cccc2ccccc12. The van der Waals surface area contributed by atoms with Gasteiger partial charge in [-0.05, 0) is 102 Å². The molecule has 0 atom stereocenters. The van der Waals surface area contributed by atoms with E-state index in [0.29, 0.717) is 28.8 Å². The fraction of sp³-hybridized carbons (Fsp3) is 0.0820. The van der Waals surface area contributed by atoms with Crippen LogP contribution in [0.3, 0.4) is 0 Å². The summed E-state index contributed by atoms with van der Waals surface area (Å²) in [7, 11) is 0. The van der Waals surface area contributed by atoms with Crippen molar-refractivity contribution < 1.29 is 19.2 Å². The summed E-state index contributed by atoms with van der Waals surface area (Å²) in [4.78, 5) is 52.7. The van der Waals surface area contributed by atoms with Crippen LogP contribution in [0.25, 0.3) is 43.1 Å². The number of nitrogens with zero attached hydrogens (tertiary/aromatic N) is 2. The maximum absolute atomic E-state index is 12.6. The van der Waals surface area contributed by atoms with Crippen LogP contribution in [0.15, 0.2) is 212 Å². The Kier molecular flexibility index (Phi) is 14.3. The van der Waals surface area contributed by atoms with Crippen LogP contribution in [-0.4, -0.2) is 33.4 Å². The van der Waals surface area contributed by atoms with Crippen LogP contribution >= 0.6 is 31.9 Å². The molecule has 0 bridgehead atoms. The first kappa shape index (κ1) is 46.6. The lowest BCUT2D eigenvalue weighted by Gasteiger charge is -2.16.